The van der Waals surface area contributed by atoms with Gasteiger partial charge in [0.05, 0.1) is 47.6 Å². The van der Waals surface area contributed by atoms with Crippen molar-refractivity contribution in [1.82, 2.24) is 4.90 Å². The van der Waals surface area contributed by atoms with Crippen LogP contribution in [0.3, 0.4) is 0 Å². The number of benzene rings is 3. The van der Waals surface area contributed by atoms with E-state index in [0.29, 0.717) is 30.9 Å². The van der Waals surface area contributed by atoms with E-state index in [0.717, 1.165) is 11.3 Å². The van der Waals surface area contributed by atoms with Crippen LogP contribution in [0.15, 0.2) is 107 Å². The molecule has 0 aliphatic carbocycles. The number of hydrogen-bond acceptors (Lipinski definition) is 9. The first-order chi connectivity index (χ1) is 22.8. The minimum absolute atomic E-state index is 0. The zero-order valence-electron chi connectivity index (χ0n) is 28.0. The smallest absolute Gasteiger partial charge is 0.360 e. The molecule has 262 valence electrons. The first-order valence-corrected chi connectivity index (χ1v) is 17.4. The van der Waals surface area contributed by atoms with E-state index in [1.807, 2.05) is 74.5 Å². The molecule has 2 atom stereocenters. The van der Waals surface area contributed by atoms with Crippen LogP contribution in [-0.4, -0.2) is 58.4 Å². The molecule has 1 saturated heterocycles. The topological polar surface area (TPSA) is 143 Å². The van der Waals surface area contributed by atoms with E-state index in [1.165, 1.54) is 18.2 Å². The second-order valence-electron chi connectivity index (χ2n) is 13.0. The van der Waals surface area contributed by atoms with Crippen molar-refractivity contribution in [3.63, 3.8) is 0 Å². The van der Waals surface area contributed by atoms with Crippen molar-refractivity contribution in [2.24, 2.45) is 5.41 Å². The summed E-state index contributed by atoms with van der Waals surface area (Å²) in [5, 5.41) is 33.4. The number of carboxylic acids is 1. The largest absolute Gasteiger partial charge is 0.478 e. The summed E-state index contributed by atoms with van der Waals surface area (Å²) in [6.45, 7) is 8.17. The number of aliphatic hydroxyl groups excluding tert-OH is 1. The van der Waals surface area contributed by atoms with Gasteiger partial charge in [0, 0.05) is 47.7 Å². The lowest BCUT2D eigenvalue weighted by molar-refractivity contribution is -0.384. The van der Waals surface area contributed by atoms with Crippen molar-refractivity contribution in [2.75, 3.05) is 31.3 Å². The maximum absolute atomic E-state index is 14.7. The number of nitro groups is 1. The van der Waals surface area contributed by atoms with E-state index in [1.54, 1.807) is 24.8 Å². The molecule has 2 N–H and O–H groups in total. The summed E-state index contributed by atoms with van der Waals surface area (Å²) >= 11 is 0. The maximum Gasteiger partial charge on any atom is 0.360 e. The van der Waals surface area contributed by atoms with Gasteiger partial charge in [0.15, 0.2) is 0 Å². The number of rotatable bonds is 12. The number of aliphatic hydroxyl groups is 1. The summed E-state index contributed by atoms with van der Waals surface area (Å²) in [6, 6.07) is 25.0. The van der Waals surface area contributed by atoms with Gasteiger partial charge >= 0.3 is 13.6 Å². The molecule has 5 rings (SSSR count). The number of nitrogens with zero attached hydrogens (tertiary/aromatic N) is 3. The van der Waals surface area contributed by atoms with Crippen LogP contribution in [0.2, 0.25) is 0 Å². The number of aliphatic carboxylic acids is 1. The fourth-order valence-electron chi connectivity index (χ4n) is 6.47. The molecule has 13 heteroatoms. The third-order valence-electron chi connectivity index (χ3n) is 8.88. The molecular formula is C36H43ClN3O8P. The number of non-ortho nitro benzene ring substituents is 1. The van der Waals surface area contributed by atoms with Gasteiger partial charge in [-0.3, -0.25) is 14.7 Å². The number of para-hydroxylation sites is 1. The number of carboxylic acid groups (broad SMARTS) is 1. The monoisotopic (exact) mass is 711 g/mol. The summed E-state index contributed by atoms with van der Waals surface area (Å²) in [4.78, 5) is 28.2. The summed E-state index contributed by atoms with van der Waals surface area (Å²) in [5.74, 6) is -2.45. The highest BCUT2D eigenvalue weighted by Crippen LogP contribution is 2.67. The summed E-state index contributed by atoms with van der Waals surface area (Å²) < 4.78 is 26.7. The third-order valence-corrected chi connectivity index (χ3v) is 11.0. The number of halogens is 1. The zero-order chi connectivity index (χ0) is 34.6. The van der Waals surface area contributed by atoms with Gasteiger partial charge < -0.3 is 29.1 Å². The van der Waals surface area contributed by atoms with Gasteiger partial charge in [0.25, 0.3) is 5.69 Å². The van der Waals surface area contributed by atoms with E-state index in [2.05, 4.69) is 4.90 Å². The third kappa shape index (κ3) is 8.25. The van der Waals surface area contributed by atoms with Crippen LogP contribution in [0.1, 0.15) is 51.2 Å². The molecule has 0 amide bonds. The highest BCUT2D eigenvalue weighted by molar-refractivity contribution is 7.58. The van der Waals surface area contributed by atoms with Crippen LogP contribution in [0.25, 0.3) is 0 Å². The van der Waals surface area contributed by atoms with E-state index >= 15 is 0 Å². The van der Waals surface area contributed by atoms with E-state index in [4.69, 9.17) is 9.05 Å². The van der Waals surface area contributed by atoms with Crippen molar-refractivity contribution in [1.29, 1.82) is 0 Å². The lowest BCUT2D eigenvalue weighted by Crippen LogP contribution is -2.43. The number of nitro benzene ring substituents is 1. The molecule has 0 aromatic heterocycles. The Morgan fingerprint density at radius 3 is 2.20 bits per heavy atom. The van der Waals surface area contributed by atoms with Gasteiger partial charge in [0.1, 0.15) is 0 Å². The second-order valence-corrected chi connectivity index (χ2v) is 15.0. The number of hydrogen-bond donors (Lipinski definition) is 2. The molecule has 0 radical (unpaired) electrons. The standard InChI is InChI=1S/C36H42N3O8P.ClH/c1-25-32(35(41)42)33(28-14-11-17-30(20-28)39(43)44)34(48(45)46-23-36(3,4)24-47-48)26(2)38(25)31(22-40)18-19-37(29-15-9-6-10-16-29)21-27-12-7-5-8-13-27;/h5-17,20,31,33,40H,18-19,21-24H2,1-4H3,(H,41,42);1H. The van der Waals surface area contributed by atoms with Crippen LogP contribution >= 0.6 is 20.0 Å². The Morgan fingerprint density at radius 2 is 1.63 bits per heavy atom. The Morgan fingerprint density at radius 1 is 1.02 bits per heavy atom. The van der Waals surface area contributed by atoms with Crippen molar-refractivity contribution < 1.29 is 33.5 Å². The predicted molar refractivity (Wildman–Crippen MR) is 191 cm³/mol. The van der Waals surface area contributed by atoms with E-state index in [-0.39, 0.29) is 54.4 Å². The number of allylic oxidation sites excluding steroid dienone is 3. The molecule has 3 aromatic rings. The van der Waals surface area contributed by atoms with Gasteiger partial charge in [-0.25, -0.2) is 4.79 Å². The quantitative estimate of drug-likeness (QED) is 0.109. The van der Waals surface area contributed by atoms with E-state index in [9.17, 15) is 29.7 Å². The minimum Gasteiger partial charge on any atom is -0.478 e. The lowest BCUT2D eigenvalue weighted by atomic mass is 9.85. The van der Waals surface area contributed by atoms with Gasteiger partial charge in [-0.1, -0.05) is 74.5 Å². The molecule has 2 heterocycles. The molecule has 2 unspecified atom stereocenters. The molecule has 1 fully saturated rings. The summed E-state index contributed by atoms with van der Waals surface area (Å²) in [6.07, 6.45) is 0.410. The zero-order valence-corrected chi connectivity index (χ0v) is 29.7. The Kier molecular flexibility index (Phi) is 12.1. The maximum atomic E-state index is 14.7. The van der Waals surface area contributed by atoms with Crippen LogP contribution in [0.4, 0.5) is 11.4 Å². The SMILES string of the molecule is CC1=C(C(=O)O)C(c2cccc([N+](=O)[O-])c2)C(P2(=O)OCC(C)(C)CO2)=C(C)N1C(CO)CCN(Cc1ccccc1)c1ccccc1.Cl. The normalized spacial score (nSPS) is 19.2. The second kappa shape index (κ2) is 15.7. The minimum atomic E-state index is -4.13. The molecule has 2 aliphatic heterocycles. The molecule has 49 heavy (non-hydrogen) atoms. The Bertz CT molecular complexity index is 1750. The summed E-state index contributed by atoms with van der Waals surface area (Å²) in [5.41, 5.74) is 2.34. The highest BCUT2D eigenvalue weighted by Gasteiger charge is 2.50. The average Bonchev–Trinajstić information content (AvgIpc) is 3.07. The van der Waals surface area contributed by atoms with Gasteiger partial charge in [-0.05, 0) is 43.5 Å². The molecule has 11 nitrogen and oxygen atoms in total. The molecule has 0 spiro atoms. The predicted octanol–water partition coefficient (Wildman–Crippen LogP) is 7.73. The molecule has 2 aliphatic rings. The molecule has 0 saturated carbocycles. The van der Waals surface area contributed by atoms with Crippen molar-refractivity contribution in [3.8, 4) is 0 Å². The van der Waals surface area contributed by atoms with Gasteiger partial charge in [0.2, 0.25) is 0 Å². The lowest BCUT2D eigenvalue weighted by Gasteiger charge is -2.45. The summed E-state index contributed by atoms with van der Waals surface area (Å²) in [7, 11) is -4.13. The fraction of sp³-hybridized carbons (Fsp3) is 0.361. The molecule has 0 bridgehead atoms. The average molecular weight is 712 g/mol. The van der Waals surface area contributed by atoms with E-state index < -0.39 is 35.9 Å². The van der Waals surface area contributed by atoms with Crippen molar-refractivity contribution >= 4 is 37.3 Å². The Hall–Kier alpha value is -3.99. The van der Waals surface area contributed by atoms with Crippen molar-refractivity contribution in [3.05, 3.63) is 128 Å². The molecule has 3 aromatic carbocycles. The fourth-order valence-corrected chi connectivity index (χ4v) is 8.96. The Balaban J connectivity index is 0.00000541. The van der Waals surface area contributed by atoms with Gasteiger partial charge in [-0.2, -0.15) is 0 Å². The highest BCUT2D eigenvalue weighted by atomic mass is 35.5. The van der Waals surface area contributed by atoms with Crippen molar-refractivity contribution in [2.45, 2.75) is 52.6 Å². The first kappa shape index (κ1) is 37.8. The van der Waals surface area contributed by atoms with Gasteiger partial charge in [-0.15, -0.1) is 12.4 Å². The first-order valence-electron chi connectivity index (χ1n) is 15.9. The van der Waals surface area contributed by atoms with Crippen LogP contribution < -0.4 is 4.90 Å². The Labute approximate surface area is 292 Å². The van der Waals surface area contributed by atoms with Crippen LogP contribution in [0, 0.1) is 15.5 Å². The number of carbonyl (C=O) groups is 1. The molecular weight excluding hydrogens is 669 g/mol. The number of anilines is 1. The van der Waals surface area contributed by atoms with Crippen LogP contribution in [0.5, 0.6) is 0 Å². The van der Waals surface area contributed by atoms with Crippen LogP contribution in [-0.2, 0) is 25.0 Å².